The summed E-state index contributed by atoms with van der Waals surface area (Å²) in [5.74, 6) is 3.36. The van der Waals surface area contributed by atoms with Crippen molar-refractivity contribution in [2.45, 2.75) is 38.2 Å². The van der Waals surface area contributed by atoms with Gasteiger partial charge in [0.05, 0.1) is 0 Å². The van der Waals surface area contributed by atoms with Crippen LogP contribution in [0.2, 0.25) is 0 Å². The Morgan fingerprint density at radius 2 is 1.93 bits per heavy atom. The first kappa shape index (κ1) is 18.7. The van der Waals surface area contributed by atoms with E-state index in [1.54, 1.807) is 12.1 Å². The first-order valence-electron chi connectivity index (χ1n) is 11.0. The Kier molecular flexibility index (Phi) is 5.04. The second-order valence-corrected chi connectivity index (χ2v) is 9.19. The molecule has 0 bridgehead atoms. The summed E-state index contributed by atoms with van der Waals surface area (Å²) in [5.41, 5.74) is 8.67. The molecule has 5 rings (SSSR count). The van der Waals surface area contributed by atoms with Gasteiger partial charge in [-0.1, -0.05) is 36.8 Å². The molecule has 4 heteroatoms. The molecule has 1 saturated heterocycles. The van der Waals surface area contributed by atoms with E-state index in [4.69, 9.17) is 10.5 Å². The van der Waals surface area contributed by atoms with E-state index in [0.29, 0.717) is 11.5 Å². The van der Waals surface area contributed by atoms with Crippen LogP contribution in [0.4, 0.5) is 0 Å². The van der Waals surface area contributed by atoms with Gasteiger partial charge < -0.3 is 15.8 Å². The average molecular weight is 391 g/mol. The van der Waals surface area contributed by atoms with Crippen LogP contribution < -0.4 is 15.8 Å². The lowest BCUT2D eigenvalue weighted by atomic mass is 9.72. The van der Waals surface area contributed by atoms with Crippen molar-refractivity contribution in [1.29, 1.82) is 0 Å². The van der Waals surface area contributed by atoms with E-state index in [1.165, 1.54) is 49.9 Å². The van der Waals surface area contributed by atoms with E-state index in [0.717, 1.165) is 29.9 Å². The van der Waals surface area contributed by atoms with Gasteiger partial charge in [-0.15, -0.1) is 0 Å². The highest BCUT2D eigenvalue weighted by Gasteiger charge is 2.39. The fourth-order valence-corrected chi connectivity index (χ4v) is 5.92. The molecule has 2 aromatic carbocycles. The van der Waals surface area contributed by atoms with Crippen molar-refractivity contribution in [2.24, 2.45) is 29.4 Å². The van der Waals surface area contributed by atoms with Crippen molar-refractivity contribution in [1.82, 2.24) is 5.32 Å². The molecule has 1 saturated carbocycles. The molecule has 1 amide bonds. The van der Waals surface area contributed by atoms with Crippen molar-refractivity contribution in [3.8, 4) is 5.75 Å². The van der Waals surface area contributed by atoms with Crippen molar-refractivity contribution < 1.29 is 9.53 Å². The molecule has 2 fully saturated rings. The van der Waals surface area contributed by atoms with E-state index in [-0.39, 0.29) is 6.10 Å². The maximum absolute atomic E-state index is 11.6. The Morgan fingerprint density at radius 1 is 1.07 bits per heavy atom. The van der Waals surface area contributed by atoms with Gasteiger partial charge in [-0.3, -0.25) is 4.79 Å². The first-order chi connectivity index (χ1) is 14.2. The zero-order valence-electron chi connectivity index (χ0n) is 16.8. The van der Waals surface area contributed by atoms with Crippen molar-refractivity contribution in [2.75, 3.05) is 13.1 Å². The van der Waals surface area contributed by atoms with E-state index in [1.807, 2.05) is 12.1 Å². The maximum atomic E-state index is 11.6. The molecule has 152 valence electrons. The SMILES string of the molecule is NC(=O)c1cccc(O[C@@H]2c3ccccc3C[C@H]2CC2CC[C@@H]3CNC[C@@H]3C2)c1. The number of carbonyl (C=O) groups excluding carboxylic acids is 1. The van der Waals surface area contributed by atoms with Gasteiger partial charge in [-0.25, -0.2) is 0 Å². The lowest BCUT2D eigenvalue weighted by Crippen LogP contribution is -2.26. The van der Waals surface area contributed by atoms with Crippen molar-refractivity contribution in [3.05, 3.63) is 65.2 Å². The van der Waals surface area contributed by atoms with Gasteiger partial charge in [0, 0.05) is 11.5 Å². The second-order valence-electron chi connectivity index (χ2n) is 9.19. The highest BCUT2D eigenvalue weighted by molar-refractivity contribution is 5.93. The number of hydrogen-bond donors (Lipinski definition) is 2. The summed E-state index contributed by atoms with van der Waals surface area (Å²) in [4.78, 5) is 11.6. The van der Waals surface area contributed by atoms with E-state index < -0.39 is 5.91 Å². The summed E-state index contributed by atoms with van der Waals surface area (Å²) in [6.45, 7) is 2.42. The molecular formula is C25H30N2O2. The fourth-order valence-electron chi connectivity index (χ4n) is 5.92. The summed E-state index contributed by atoms with van der Waals surface area (Å²) in [6, 6.07) is 16.0. The van der Waals surface area contributed by atoms with Gasteiger partial charge >= 0.3 is 0 Å². The number of fused-ring (bicyclic) bond motifs is 2. The quantitative estimate of drug-likeness (QED) is 0.808. The minimum Gasteiger partial charge on any atom is -0.485 e. The van der Waals surface area contributed by atoms with Gasteiger partial charge in [0.1, 0.15) is 11.9 Å². The number of nitrogens with one attached hydrogen (secondary N) is 1. The standard InChI is InChI=1S/C25H30N2O2/c26-25(28)18-5-3-6-22(13-18)29-24-20(12-17-4-1-2-7-23(17)24)10-16-8-9-19-14-27-15-21(19)11-16/h1-7,13,16,19-21,24,27H,8-12,14-15H2,(H2,26,28)/t16?,19-,20-,21+,24+/m1/s1. The Balaban J connectivity index is 1.35. The monoisotopic (exact) mass is 390 g/mol. The summed E-state index contributed by atoms with van der Waals surface area (Å²) in [6.07, 6.45) is 6.42. The Hall–Kier alpha value is -2.33. The minimum atomic E-state index is -0.416. The molecule has 5 atom stereocenters. The number of nitrogens with two attached hydrogens (primary N) is 1. The van der Waals surface area contributed by atoms with E-state index in [9.17, 15) is 4.79 Å². The molecule has 3 N–H and O–H groups in total. The molecule has 1 heterocycles. The lowest BCUT2D eigenvalue weighted by Gasteiger charge is -2.34. The molecular weight excluding hydrogens is 360 g/mol. The molecule has 3 aliphatic rings. The van der Waals surface area contributed by atoms with Crippen LogP contribution in [0.5, 0.6) is 5.75 Å². The lowest BCUT2D eigenvalue weighted by molar-refractivity contribution is 0.0996. The summed E-state index contributed by atoms with van der Waals surface area (Å²) in [5, 5.41) is 3.59. The van der Waals surface area contributed by atoms with E-state index in [2.05, 4.69) is 29.6 Å². The van der Waals surface area contributed by atoms with E-state index >= 15 is 0 Å². The highest BCUT2D eigenvalue weighted by Crippen LogP contribution is 2.46. The molecule has 0 radical (unpaired) electrons. The Morgan fingerprint density at radius 3 is 2.83 bits per heavy atom. The van der Waals surface area contributed by atoms with Crippen LogP contribution in [0, 0.1) is 23.7 Å². The van der Waals surface area contributed by atoms with Crippen LogP contribution in [0.1, 0.15) is 53.3 Å². The molecule has 2 aliphatic carbocycles. The van der Waals surface area contributed by atoms with Gasteiger partial charge in [0.2, 0.25) is 5.91 Å². The van der Waals surface area contributed by atoms with Gasteiger partial charge in [-0.2, -0.15) is 0 Å². The van der Waals surface area contributed by atoms with Gasteiger partial charge in [0.15, 0.2) is 0 Å². The Bertz CT molecular complexity index is 896. The van der Waals surface area contributed by atoms with Crippen LogP contribution >= 0.6 is 0 Å². The molecule has 0 spiro atoms. The summed E-state index contributed by atoms with van der Waals surface area (Å²) < 4.78 is 6.51. The third-order valence-electron chi connectivity index (χ3n) is 7.35. The highest BCUT2D eigenvalue weighted by atomic mass is 16.5. The van der Waals surface area contributed by atoms with Crippen LogP contribution in [0.15, 0.2) is 48.5 Å². The molecule has 1 aliphatic heterocycles. The predicted octanol–water partition coefficient (Wildman–Crippen LogP) is 4.10. The minimum absolute atomic E-state index is 0.0498. The zero-order chi connectivity index (χ0) is 19.8. The van der Waals surface area contributed by atoms with Crippen molar-refractivity contribution in [3.63, 3.8) is 0 Å². The smallest absolute Gasteiger partial charge is 0.248 e. The van der Waals surface area contributed by atoms with Crippen LogP contribution in [-0.4, -0.2) is 19.0 Å². The number of hydrogen-bond acceptors (Lipinski definition) is 3. The number of carbonyl (C=O) groups is 1. The number of amides is 1. The van der Waals surface area contributed by atoms with Crippen LogP contribution in [0.25, 0.3) is 0 Å². The normalized spacial score (nSPS) is 30.6. The predicted molar refractivity (Wildman–Crippen MR) is 114 cm³/mol. The first-order valence-corrected chi connectivity index (χ1v) is 11.0. The summed E-state index contributed by atoms with van der Waals surface area (Å²) >= 11 is 0. The van der Waals surface area contributed by atoms with Crippen LogP contribution in [-0.2, 0) is 6.42 Å². The number of benzene rings is 2. The number of ether oxygens (including phenoxy) is 1. The number of primary amides is 1. The van der Waals surface area contributed by atoms with Crippen LogP contribution in [0.3, 0.4) is 0 Å². The van der Waals surface area contributed by atoms with Gasteiger partial charge in [0.25, 0.3) is 0 Å². The largest absolute Gasteiger partial charge is 0.485 e. The maximum Gasteiger partial charge on any atom is 0.248 e. The third-order valence-corrected chi connectivity index (χ3v) is 7.35. The van der Waals surface area contributed by atoms with Crippen molar-refractivity contribution >= 4 is 5.91 Å². The molecule has 29 heavy (non-hydrogen) atoms. The zero-order valence-corrected chi connectivity index (χ0v) is 16.8. The van der Waals surface area contributed by atoms with Gasteiger partial charge in [-0.05, 0) is 85.9 Å². The molecule has 4 nitrogen and oxygen atoms in total. The Labute approximate surface area is 172 Å². The fraction of sp³-hybridized carbons (Fsp3) is 0.480. The topological polar surface area (TPSA) is 64.4 Å². The number of rotatable bonds is 5. The second kappa shape index (κ2) is 7.83. The third kappa shape index (κ3) is 3.78. The molecule has 1 unspecified atom stereocenters. The summed E-state index contributed by atoms with van der Waals surface area (Å²) in [7, 11) is 0. The average Bonchev–Trinajstić information content (AvgIpc) is 3.33. The molecule has 2 aromatic rings. The molecule has 0 aromatic heterocycles.